The van der Waals surface area contributed by atoms with E-state index >= 15 is 0 Å². The zero-order valence-corrected chi connectivity index (χ0v) is 26.7. The maximum atomic E-state index is 13.6. The Morgan fingerprint density at radius 1 is 1.14 bits per heavy atom. The van der Waals surface area contributed by atoms with Crippen molar-refractivity contribution in [3.05, 3.63) is 19.8 Å². The second-order valence-electron chi connectivity index (χ2n) is 8.46. The van der Waals surface area contributed by atoms with E-state index in [0.29, 0.717) is 17.7 Å². The second-order valence-corrected chi connectivity index (χ2v) is 14.3. The van der Waals surface area contributed by atoms with Gasteiger partial charge in [0.1, 0.15) is 5.56 Å². The molecule has 194 valence electrons. The van der Waals surface area contributed by atoms with Gasteiger partial charge in [0, 0.05) is 29.5 Å². The molecule has 0 aromatic heterocycles. The minimum absolute atomic E-state index is 0.240. The highest BCUT2D eigenvalue weighted by Gasteiger charge is 2.63. The van der Waals surface area contributed by atoms with Gasteiger partial charge in [-0.1, -0.05) is 0 Å². The lowest BCUT2D eigenvalue weighted by molar-refractivity contribution is -0.193. The molecule has 3 aliphatic rings. The van der Waals surface area contributed by atoms with Crippen molar-refractivity contribution in [2.45, 2.75) is 42.9 Å². The number of alkyl halides is 3. The van der Waals surface area contributed by atoms with Crippen molar-refractivity contribution < 1.29 is 49.9 Å². The summed E-state index contributed by atoms with van der Waals surface area (Å²) in [7, 11) is -5.93. The van der Waals surface area contributed by atoms with E-state index in [9.17, 15) is 31.2 Å². The Balaban J connectivity index is 1.42. The molecule has 5 unspecified atom stereocenters. The van der Waals surface area contributed by atoms with Crippen LogP contribution < -0.4 is 4.74 Å². The van der Waals surface area contributed by atoms with Crippen molar-refractivity contribution in [3.63, 3.8) is 0 Å². The first-order valence-corrected chi connectivity index (χ1v) is 15.8. The van der Waals surface area contributed by atoms with Gasteiger partial charge in [-0.05, 0) is 109 Å². The Morgan fingerprint density at radius 2 is 1.77 bits per heavy atom. The fourth-order valence-electron chi connectivity index (χ4n) is 4.77. The molecule has 1 aromatic carbocycles. The van der Waals surface area contributed by atoms with Gasteiger partial charge < -0.3 is 14.2 Å². The molecule has 8 nitrogen and oxygen atoms in total. The summed E-state index contributed by atoms with van der Waals surface area (Å²) in [5, 5.41) is -5.00. The zero-order valence-electron chi connectivity index (χ0n) is 17.2. The van der Waals surface area contributed by atoms with Crippen LogP contribution in [-0.2, 0) is 24.4 Å². The zero-order chi connectivity index (χ0) is 26.1. The van der Waals surface area contributed by atoms with E-state index in [-0.39, 0.29) is 24.7 Å². The average molecular weight is 968 g/mol. The highest BCUT2D eigenvalue weighted by Crippen LogP contribution is 2.58. The number of benzene rings is 1. The third-order valence-corrected chi connectivity index (χ3v) is 14.8. The van der Waals surface area contributed by atoms with Crippen LogP contribution in [0.4, 0.5) is 13.2 Å². The van der Waals surface area contributed by atoms with Crippen molar-refractivity contribution in [3.8, 4) is 5.75 Å². The first-order valence-electron chi connectivity index (χ1n) is 10.0. The molecular weight excluding hydrogens is 953 g/mol. The molecule has 0 amide bonds. The van der Waals surface area contributed by atoms with E-state index in [0.717, 1.165) is 14.3 Å². The van der Waals surface area contributed by atoms with Crippen molar-refractivity contribution in [2.75, 3.05) is 6.61 Å². The quantitative estimate of drug-likeness (QED) is 0.137. The first kappa shape index (κ1) is 28.6. The summed E-state index contributed by atoms with van der Waals surface area (Å²) >= 11 is 8.55. The topological polar surface area (TPSA) is 116 Å². The van der Waals surface area contributed by atoms with Crippen LogP contribution in [0.5, 0.6) is 5.75 Å². The third-order valence-electron chi connectivity index (χ3n) is 6.46. The number of halogens is 7. The van der Waals surface area contributed by atoms with Gasteiger partial charge in [-0.25, -0.2) is 9.18 Å². The average Bonchev–Trinajstić information content (AvgIpc) is 3.32. The van der Waals surface area contributed by atoms with Crippen LogP contribution in [0.1, 0.15) is 36.0 Å². The molecule has 1 heterocycles. The summed E-state index contributed by atoms with van der Waals surface area (Å²) in [5.41, 5.74) is 0.367. The van der Waals surface area contributed by atoms with Crippen LogP contribution in [0.25, 0.3) is 0 Å². The van der Waals surface area contributed by atoms with Gasteiger partial charge in [0.15, 0.2) is 11.9 Å². The molecule has 1 spiro atoms. The molecule has 1 aromatic rings. The molecule has 35 heavy (non-hydrogen) atoms. The van der Waals surface area contributed by atoms with Gasteiger partial charge in [0.2, 0.25) is 0 Å². The standard InChI is InChI=1S/C19H15F3I4O8S/c20-9(19(21,22)35(29,30)31)1-2-32-16(27)8-4-7-3-6(8)5-18(7)33-15-10(17(28)34-18)11(23)12(24)13(25)14(15)26/h6-9H,1-5H2,(H,29,30,31). The fraction of sp³-hybridized carbons (Fsp3) is 0.579. The molecule has 0 radical (unpaired) electrons. The SMILES string of the molecule is O=C1OC2(CC3CC2CC3C(=O)OCCC(F)C(F)(F)S(=O)(=O)O)Oc2c(I)c(I)c(I)c(I)c21. The lowest BCUT2D eigenvalue weighted by Crippen LogP contribution is -2.51. The Morgan fingerprint density at radius 3 is 2.34 bits per heavy atom. The van der Waals surface area contributed by atoms with Crippen molar-refractivity contribution in [1.82, 2.24) is 0 Å². The summed E-state index contributed by atoms with van der Waals surface area (Å²) in [6, 6.07) is 0. The van der Waals surface area contributed by atoms with E-state index in [1.54, 1.807) is 0 Å². The monoisotopic (exact) mass is 968 g/mol. The Hall–Kier alpha value is 0.580. The maximum Gasteiger partial charge on any atom is 0.400 e. The lowest BCUT2D eigenvalue weighted by atomic mass is 9.84. The summed E-state index contributed by atoms with van der Waals surface area (Å²) in [6.45, 7) is -0.781. The van der Waals surface area contributed by atoms with Crippen LogP contribution in [0.3, 0.4) is 0 Å². The highest BCUT2D eigenvalue weighted by molar-refractivity contribution is 14.1. The predicted octanol–water partition coefficient (Wildman–Crippen LogP) is 5.15. The predicted molar refractivity (Wildman–Crippen MR) is 147 cm³/mol. The number of hydrogen-bond acceptors (Lipinski definition) is 7. The van der Waals surface area contributed by atoms with E-state index in [2.05, 4.69) is 90.4 Å². The van der Waals surface area contributed by atoms with Gasteiger partial charge in [-0.15, -0.1) is 0 Å². The summed E-state index contributed by atoms with van der Waals surface area (Å²) < 4.78 is 90.4. The molecule has 0 saturated heterocycles. The fourth-order valence-corrected chi connectivity index (χ4v) is 8.68. The molecule has 1 N–H and O–H groups in total. The number of ether oxygens (including phenoxy) is 3. The summed E-state index contributed by atoms with van der Waals surface area (Å²) in [4.78, 5) is 25.5. The van der Waals surface area contributed by atoms with Gasteiger partial charge in [0.05, 0.1) is 16.1 Å². The molecule has 4 rings (SSSR count). The van der Waals surface area contributed by atoms with Crippen molar-refractivity contribution >= 4 is 112 Å². The number of esters is 2. The Bertz CT molecular complexity index is 1210. The van der Waals surface area contributed by atoms with Gasteiger partial charge in [0.25, 0.3) is 5.79 Å². The molecule has 2 bridgehead atoms. The molecular formula is C19H15F3I4O8S. The van der Waals surface area contributed by atoms with Gasteiger partial charge >= 0.3 is 27.3 Å². The number of fused-ring (bicyclic) bond motifs is 4. The molecule has 5 atom stereocenters. The molecule has 2 saturated carbocycles. The van der Waals surface area contributed by atoms with E-state index in [1.165, 1.54) is 0 Å². The van der Waals surface area contributed by atoms with E-state index in [4.69, 9.17) is 18.8 Å². The van der Waals surface area contributed by atoms with Crippen molar-refractivity contribution in [1.29, 1.82) is 0 Å². The van der Waals surface area contributed by atoms with Gasteiger partial charge in [-0.2, -0.15) is 17.2 Å². The molecule has 2 aliphatic carbocycles. The highest BCUT2D eigenvalue weighted by atomic mass is 127. The normalized spacial score (nSPS) is 28.5. The number of hydrogen-bond donors (Lipinski definition) is 1. The smallest absolute Gasteiger partial charge is 0.400 e. The second kappa shape index (κ2) is 9.96. The van der Waals surface area contributed by atoms with E-state index in [1.807, 2.05) is 0 Å². The summed E-state index contributed by atoms with van der Waals surface area (Å²) in [6.07, 6.45) is -3.31. The van der Waals surface area contributed by atoms with Crippen LogP contribution in [-0.4, -0.2) is 48.7 Å². The van der Waals surface area contributed by atoms with Crippen LogP contribution >= 0.6 is 90.4 Å². The number of carbonyl (C=O) groups excluding carboxylic acids is 2. The van der Waals surface area contributed by atoms with Crippen LogP contribution in [0.15, 0.2) is 0 Å². The van der Waals surface area contributed by atoms with Crippen LogP contribution in [0, 0.1) is 32.0 Å². The van der Waals surface area contributed by atoms with E-state index < -0.39 is 58.2 Å². The summed E-state index contributed by atoms with van der Waals surface area (Å²) in [5.74, 6) is -3.17. The molecule has 2 fully saturated rings. The van der Waals surface area contributed by atoms with Crippen molar-refractivity contribution in [2.24, 2.45) is 17.8 Å². The third kappa shape index (κ3) is 4.90. The minimum Gasteiger partial charge on any atom is -0.465 e. The Kier molecular flexibility index (Phi) is 8.13. The van der Waals surface area contributed by atoms with Gasteiger partial charge in [-0.3, -0.25) is 9.35 Å². The Labute approximate surface area is 252 Å². The van der Waals surface area contributed by atoms with Crippen LogP contribution in [0.2, 0.25) is 0 Å². The largest absolute Gasteiger partial charge is 0.465 e. The maximum absolute atomic E-state index is 13.6. The number of rotatable bonds is 6. The lowest BCUT2D eigenvalue weighted by Gasteiger charge is -2.42. The molecule has 16 heteroatoms. The molecule has 1 aliphatic heterocycles. The minimum atomic E-state index is -5.93. The number of carbonyl (C=O) groups is 2. The first-order chi connectivity index (χ1) is 16.1.